The number of amides is 1. The summed E-state index contributed by atoms with van der Waals surface area (Å²) in [6.07, 6.45) is 0. The first-order valence-corrected chi connectivity index (χ1v) is 9.24. The number of carbonyl (C=O) groups excluding carboxylic acids is 1. The molecule has 124 valence electrons. The van der Waals surface area contributed by atoms with Gasteiger partial charge in [0.05, 0.1) is 10.2 Å². The molecular weight excluding hydrogens is 400 g/mol. The van der Waals surface area contributed by atoms with Gasteiger partial charge in [-0.1, -0.05) is 24.3 Å². The van der Waals surface area contributed by atoms with E-state index in [1.807, 2.05) is 43.3 Å². The number of nitrogens with zero attached hydrogens (tertiary/aromatic N) is 1. The minimum atomic E-state index is -0.282. The molecule has 0 saturated heterocycles. The number of fused-ring (bicyclic) bond motifs is 1. The molecule has 0 atom stereocenters. The maximum Gasteiger partial charge on any atom is 0.291 e. The Hall–Kier alpha value is -2.44. The van der Waals surface area contributed by atoms with E-state index in [1.165, 1.54) is 0 Å². The molecule has 0 radical (unpaired) electrons. The van der Waals surface area contributed by atoms with Gasteiger partial charge in [-0.3, -0.25) is 4.79 Å². The first kappa shape index (κ1) is 16.1. The lowest BCUT2D eigenvalue weighted by molar-refractivity contribution is 0.0995. The highest BCUT2D eigenvalue weighted by Gasteiger charge is 2.13. The van der Waals surface area contributed by atoms with E-state index in [2.05, 4.69) is 32.3 Å². The van der Waals surface area contributed by atoms with E-state index < -0.39 is 0 Å². The molecule has 0 aliphatic rings. The molecule has 2 aromatic heterocycles. The van der Waals surface area contributed by atoms with Gasteiger partial charge in [0.15, 0.2) is 10.4 Å². The van der Waals surface area contributed by atoms with Crippen LogP contribution in [0.1, 0.15) is 16.1 Å². The van der Waals surface area contributed by atoms with Crippen LogP contribution in [-0.4, -0.2) is 10.9 Å². The van der Waals surface area contributed by atoms with Crippen LogP contribution < -0.4 is 5.32 Å². The number of rotatable bonds is 3. The van der Waals surface area contributed by atoms with E-state index in [9.17, 15) is 4.79 Å². The average Bonchev–Trinajstić information content (AvgIpc) is 3.23. The highest BCUT2D eigenvalue weighted by molar-refractivity contribution is 9.10. The van der Waals surface area contributed by atoms with Crippen LogP contribution in [0.25, 0.3) is 20.8 Å². The second-order valence-corrected chi connectivity index (χ2v) is 7.39. The molecule has 0 bridgehead atoms. The van der Waals surface area contributed by atoms with Crippen LogP contribution in [0.4, 0.5) is 5.69 Å². The first-order valence-electron chi connectivity index (χ1n) is 7.63. The molecular formula is C19H13BrN2O2S. The van der Waals surface area contributed by atoms with Crippen molar-refractivity contribution in [3.8, 4) is 10.6 Å². The summed E-state index contributed by atoms with van der Waals surface area (Å²) in [5.74, 6) is -0.0214. The van der Waals surface area contributed by atoms with E-state index in [-0.39, 0.29) is 11.7 Å². The molecule has 0 spiro atoms. The number of aryl methyl sites for hydroxylation is 1. The van der Waals surface area contributed by atoms with Gasteiger partial charge in [0.1, 0.15) is 5.01 Å². The highest BCUT2D eigenvalue weighted by Crippen LogP contribution is 2.32. The summed E-state index contributed by atoms with van der Waals surface area (Å²) >= 11 is 4.84. The van der Waals surface area contributed by atoms with Crippen LogP contribution in [-0.2, 0) is 0 Å². The number of para-hydroxylation sites is 1. The zero-order chi connectivity index (χ0) is 17.4. The predicted octanol–water partition coefficient (Wildman–Crippen LogP) is 5.88. The lowest BCUT2D eigenvalue weighted by Crippen LogP contribution is -2.11. The zero-order valence-corrected chi connectivity index (χ0v) is 15.6. The van der Waals surface area contributed by atoms with Crippen molar-refractivity contribution in [3.05, 3.63) is 70.6 Å². The second kappa shape index (κ2) is 6.46. The third kappa shape index (κ3) is 3.23. The number of thiazole rings is 1. The van der Waals surface area contributed by atoms with Crippen molar-refractivity contribution in [1.82, 2.24) is 4.98 Å². The highest BCUT2D eigenvalue weighted by atomic mass is 79.9. The fourth-order valence-electron chi connectivity index (χ4n) is 2.51. The van der Waals surface area contributed by atoms with Crippen molar-refractivity contribution in [3.63, 3.8) is 0 Å². The molecule has 0 aliphatic heterocycles. The molecule has 2 heterocycles. The fraction of sp³-hybridized carbons (Fsp3) is 0.0526. The molecule has 4 rings (SSSR count). The number of halogens is 1. The van der Waals surface area contributed by atoms with Crippen LogP contribution in [0.15, 0.2) is 63.7 Å². The topological polar surface area (TPSA) is 55.1 Å². The van der Waals surface area contributed by atoms with Crippen molar-refractivity contribution in [2.75, 3.05) is 5.32 Å². The quantitative estimate of drug-likeness (QED) is 0.456. The van der Waals surface area contributed by atoms with Crippen LogP contribution >= 0.6 is 27.3 Å². The van der Waals surface area contributed by atoms with Crippen LogP contribution in [0.2, 0.25) is 0 Å². The van der Waals surface area contributed by atoms with Gasteiger partial charge in [-0.05, 0) is 58.7 Å². The van der Waals surface area contributed by atoms with Gasteiger partial charge in [-0.25, -0.2) is 4.98 Å². The minimum Gasteiger partial charge on any atom is -0.444 e. The summed E-state index contributed by atoms with van der Waals surface area (Å²) < 4.78 is 6.97. The summed E-state index contributed by atoms with van der Waals surface area (Å²) in [5, 5.41) is 3.84. The Labute approximate surface area is 156 Å². The minimum absolute atomic E-state index is 0.261. The largest absolute Gasteiger partial charge is 0.444 e. The third-order valence-corrected chi connectivity index (χ3v) is 5.34. The van der Waals surface area contributed by atoms with E-state index in [4.69, 9.17) is 4.42 Å². The van der Waals surface area contributed by atoms with Gasteiger partial charge < -0.3 is 9.73 Å². The second-order valence-electron chi connectivity index (χ2n) is 5.57. The first-order chi connectivity index (χ1) is 12.1. The van der Waals surface area contributed by atoms with Crippen molar-refractivity contribution in [2.24, 2.45) is 0 Å². The fourth-order valence-corrected chi connectivity index (χ4v) is 3.77. The number of nitrogens with one attached hydrogen (secondary N) is 1. The lowest BCUT2D eigenvalue weighted by atomic mass is 10.1. The van der Waals surface area contributed by atoms with E-state index >= 15 is 0 Å². The summed E-state index contributed by atoms with van der Waals surface area (Å²) in [4.78, 5) is 17.0. The van der Waals surface area contributed by atoms with E-state index in [0.717, 1.165) is 32.0 Å². The van der Waals surface area contributed by atoms with Gasteiger partial charge in [-0.2, -0.15) is 0 Å². The number of anilines is 1. The number of furan rings is 1. The Bertz CT molecular complexity index is 1050. The maximum absolute atomic E-state index is 12.3. The number of hydrogen-bond acceptors (Lipinski definition) is 4. The molecule has 4 nitrogen and oxygen atoms in total. The van der Waals surface area contributed by atoms with Crippen molar-refractivity contribution < 1.29 is 9.21 Å². The average molecular weight is 413 g/mol. The monoisotopic (exact) mass is 412 g/mol. The molecule has 0 unspecified atom stereocenters. The summed E-state index contributed by atoms with van der Waals surface area (Å²) in [6.45, 7) is 1.95. The molecule has 1 N–H and O–H groups in total. The molecule has 6 heteroatoms. The van der Waals surface area contributed by atoms with E-state index in [0.29, 0.717) is 4.67 Å². The molecule has 0 fully saturated rings. The molecule has 0 saturated carbocycles. The third-order valence-electron chi connectivity index (χ3n) is 3.82. The number of aromatic nitrogens is 1. The molecule has 0 aliphatic carbocycles. The van der Waals surface area contributed by atoms with Gasteiger partial charge in [0.2, 0.25) is 0 Å². The number of carbonyl (C=O) groups is 1. The van der Waals surface area contributed by atoms with Gasteiger partial charge in [-0.15, -0.1) is 11.3 Å². The Kier molecular flexibility index (Phi) is 4.15. The zero-order valence-electron chi connectivity index (χ0n) is 13.2. The van der Waals surface area contributed by atoms with Gasteiger partial charge >= 0.3 is 0 Å². The van der Waals surface area contributed by atoms with Crippen LogP contribution in [0.5, 0.6) is 0 Å². The van der Waals surface area contributed by atoms with Crippen LogP contribution in [0, 0.1) is 6.92 Å². The van der Waals surface area contributed by atoms with Crippen molar-refractivity contribution in [1.29, 1.82) is 0 Å². The smallest absolute Gasteiger partial charge is 0.291 e. The van der Waals surface area contributed by atoms with E-state index in [1.54, 1.807) is 23.5 Å². The van der Waals surface area contributed by atoms with Crippen molar-refractivity contribution >= 4 is 49.1 Å². The van der Waals surface area contributed by atoms with Crippen molar-refractivity contribution in [2.45, 2.75) is 6.92 Å². The Balaban J connectivity index is 1.67. The van der Waals surface area contributed by atoms with Gasteiger partial charge in [0, 0.05) is 11.3 Å². The molecule has 4 aromatic rings. The summed E-state index contributed by atoms with van der Waals surface area (Å²) in [7, 11) is 0. The standard InChI is InChI=1S/C19H13BrN2O2S/c1-11-6-7-12(19-22-13-4-2-3-5-16(13)25-19)10-14(11)21-18(23)15-8-9-17(20)24-15/h2-10H,1H3,(H,21,23). The Morgan fingerprint density at radius 3 is 2.76 bits per heavy atom. The SMILES string of the molecule is Cc1ccc(-c2nc3ccccc3s2)cc1NC(=O)c1ccc(Br)o1. The predicted molar refractivity (Wildman–Crippen MR) is 104 cm³/mol. The normalized spacial score (nSPS) is 11.0. The number of benzene rings is 2. The summed E-state index contributed by atoms with van der Waals surface area (Å²) in [6, 6.07) is 17.3. The number of hydrogen-bond donors (Lipinski definition) is 1. The van der Waals surface area contributed by atoms with Gasteiger partial charge in [0.25, 0.3) is 5.91 Å². The molecule has 25 heavy (non-hydrogen) atoms. The maximum atomic E-state index is 12.3. The molecule has 2 aromatic carbocycles. The lowest BCUT2D eigenvalue weighted by Gasteiger charge is -2.08. The molecule has 1 amide bonds. The Morgan fingerprint density at radius 1 is 1.16 bits per heavy atom. The Morgan fingerprint density at radius 2 is 2.00 bits per heavy atom. The summed E-state index contributed by atoms with van der Waals surface area (Å²) in [5.41, 5.74) is 3.68. The van der Waals surface area contributed by atoms with Crippen LogP contribution in [0.3, 0.4) is 0 Å².